The average Bonchev–Trinajstić information content (AvgIpc) is 2.54. The number of hydrogen-bond acceptors (Lipinski definition) is 3. The van der Waals surface area contributed by atoms with Crippen molar-refractivity contribution in [3.8, 4) is 5.75 Å². The van der Waals surface area contributed by atoms with Crippen molar-refractivity contribution in [2.24, 2.45) is 0 Å². The Bertz CT molecular complexity index is 673. The zero-order chi connectivity index (χ0) is 16.8. The van der Waals surface area contributed by atoms with Gasteiger partial charge in [0.05, 0.1) is 18.0 Å². The largest absolute Gasteiger partial charge is 0.495 e. The summed E-state index contributed by atoms with van der Waals surface area (Å²) in [6.07, 6.45) is 0. The fourth-order valence-corrected chi connectivity index (χ4v) is 3.14. The van der Waals surface area contributed by atoms with Crippen LogP contribution in [0, 0.1) is 6.92 Å². The molecule has 0 aliphatic carbocycles. The van der Waals surface area contributed by atoms with E-state index in [4.69, 9.17) is 4.74 Å². The Hall–Kier alpha value is -1.46. The van der Waals surface area contributed by atoms with E-state index in [1.807, 2.05) is 44.2 Å². The molecule has 1 unspecified atom stereocenters. The highest BCUT2D eigenvalue weighted by atomic mass is 79.9. The topological polar surface area (TPSA) is 38.3 Å². The summed E-state index contributed by atoms with van der Waals surface area (Å²) < 4.78 is 6.35. The molecule has 3 nitrogen and oxygen atoms in total. The third-order valence-electron chi connectivity index (χ3n) is 3.40. The van der Waals surface area contributed by atoms with E-state index in [-0.39, 0.29) is 11.2 Å². The molecule has 1 amide bonds. The summed E-state index contributed by atoms with van der Waals surface area (Å²) in [5, 5.41) is 2.81. The first-order valence-corrected chi connectivity index (χ1v) is 9.15. The molecular weight excluding hydrogens is 374 g/mol. The summed E-state index contributed by atoms with van der Waals surface area (Å²) in [6, 6.07) is 13.9. The normalized spacial score (nSPS) is 11.8. The van der Waals surface area contributed by atoms with Gasteiger partial charge in [0.2, 0.25) is 5.91 Å². The molecule has 0 aliphatic rings. The van der Waals surface area contributed by atoms with Crippen molar-refractivity contribution in [2.45, 2.75) is 24.9 Å². The van der Waals surface area contributed by atoms with E-state index in [2.05, 4.69) is 33.4 Å². The van der Waals surface area contributed by atoms with Gasteiger partial charge in [-0.3, -0.25) is 4.79 Å². The summed E-state index contributed by atoms with van der Waals surface area (Å²) in [4.78, 5) is 12.4. The Morgan fingerprint density at radius 1 is 1.26 bits per heavy atom. The van der Waals surface area contributed by atoms with E-state index >= 15 is 0 Å². The van der Waals surface area contributed by atoms with Crippen LogP contribution in [0.15, 0.2) is 46.9 Å². The van der Waals surface area contributed by atoms with Crippen molar-refractivity contribution in [1.29, 1.82) is 0 Å². The van der Waals surface area contributed by atoms with Gasteiger partial charge in [-0.2, -0.15) is 0 Å². The van der Waals surface area contributed by atoms with Gasteiger partial charge in [0.25, 0.3) is 0 Å². The molecule has 2 aromatic carbocycles. The maximum atomic E-state index is 12.4. The fraction of sp³-hybridized carbons (Fsp3) is 0.278. The molecule has 5 heteroatoms. The predicted molar refractivity (Wildman–Crippen MR) is 101 cm³/mol. The van der Waals surface area contributed by atoms with E-state index in [0.717, 1.165) is 15.8 Å². The van der Waals surface area contributed by atoms with Gasteiger partial charge in [-0.1, -0.05) is 34.1 Å². The van der Waals surface area contributed by atoms with E-state index in [1.165, 1.54) is 5.56 Å². The van der Waals surface area contributed by atoms with Crippen LogP contribution >= 0.6 is 27.7 Å². The number of aryl methyl sites for hydroxylation is 1. The van der Waals surface area contributed by atoms with Gasteiger partial charge in [0.15, 0.2) is 0 Å². The van der Waals surface area contributed by atoms with Crippen LogP contribution in [-0.4, -0.2) is 18.3 Å². The molecule has 0 fully saturated rings. The molecule has 2 aromatic rings. The lowest BCUT2D eigenvalue weighted by atomic mass is 10.2. The van der Waals surface area contributed by atoms with Gasteiger partial charge in [-0.25, -0.2) is 0 Å². The lowest BCUT2D eigenvalue weighted by molar-refractivity contribution is -0.115. The molecular formula is C18H20BrNO2S. The van der Waals surface area contributed by atoms with Crippen LogP contribution in [0.1, 0.15) is 18.1 Å². The summed E-state index contributed by atoms with van der Waals surface area (Å²) in [5.74, 6) is 1.46. The fourth-order valence-electron chi connectivity index (χ4n) is 2.03. The molecule has 23 heavy (non-hydrogen) atoms. The number of carbonyl (C=O) groups excluding carboxylic acids is 1. The highest BCUT2D eigenvalue weighted by Crippen LogP contribution is 2.27. The molecule has 0 bridgehead atoms. The van der Waals surface area contributed by atoms with Crippen molar-refractivity contribution in [1.82, 2.24) is 0 Å². The second-order valence-corrected chi connectivity index (χ2v) is 7.52. The van der Waals surface area contributed by atoms with Crippen LogP contribution in [0.3, 0.4) is 0 Å². The van der Waals surface area contributed by atoms with Crippen LogP contribution in [0.5, 0.6) is 5.75 Å². The molecule has 1 N–H and O–H groups in total. The Morgan fingerprint density at radius 3 is 2.61 bits per heavy atom. The quantitative estimate of drug-likeness (QED) is 0.747. The first-order valence-electron chi connectivity index (χ1n) is 7.31. The summed E-state index contributed by atoms with van der Waals surface area (Å²) in [5.41, 5.74) is 3.00. The second kappa shape index (κ2) is 8.41. The van der Waals surface area contributed by atoms with Crippen molar-refractivity contribution < 1.29 is 9.53 Å². The van der Waals surface area contributed by atoms with Crippen LogP contribution in [-0.2, 0) is 10.5 Å². The Morgan fingerprint density at radius 2 is 1.96 bits per heavy atom. The SMILES string of the molecule is COc1ccc(C)cc1NC(=O)C(C)SCc1ccc(Br)cc1. The average molecular weight is 394 g/mol. The van der Waals surface area contributed by atoms with Crippen LogP contribution in [0.25, 0.3) is 0 Å². The molecule has 0 heterocycles. The van der Waals surface area contributed by atoms with E-state index in [1.54, 1.807) is 18.9 Å². The maximum absolute atomic E-state index is 12.4. The number of ether oxygens (including phenoxy) is 1. The Balaban J connectivity index is 1.94. The number of halogens is 1. The predicted octanol–water partition coefficient (Wildman–Crippen LogP) is 5.03. The van der Waals surface area contributed by atoms with Gasteiger partial charge in [0.1, 0.15) is 5.75 Å². The first kappa shape index (κ1) is 17.9. The first-order chi connectivity index (χ1) is 11.0. The number of thioether (sulfide) groups is 1. The zero-order valence-electron chi connectivity index (χ0n) is 13.4. The van der Waals surface area contributed by atoms with Crippen LogP contribution in [0.4, 0.5) is 5.69 Å². The Kier molecular flexibility index (Phi) is 6.54. The molecule has 0 saturated heterocycles. The number of carbonyl (C=O) groups is 1. The third kappa shape index (κ3) is 5.29. The molecule has 0 radical (unpaired) electrons. The minimum Gasteiger partial charge on any atom is -0.495 e. The number of rotatable bonds is 6. The van der Waals surface area contributed by atoms with Gasteiger partial charge >= 0.3 is 0 Å². The van der Waals surface area contributed by atoms with E-state index in [0.29, 0.717) is 11.4 Å². The Labute approximate surface area is 149 Å². The molecule has 0 spiro atoms. The minimum absolute atomic E-state index is 0.0176. The summed E-state index contributed by atoms with van der Waals surface area (Å²) in [7, 11) is 1.60. The number of benzene rings is 2. The van der Waals surface area contributed by atoms with Crippen molar-refractivity contribution in [2.75, 3.05) is 12.4 Å². The van der Waals surface area contributed by atoms with Crippen molar-refractivity contribution >= 4 is 39.3 Å². The lowest BCUT2D eigenvalue weighted by Gasteiger charge is -2.15. The highest BCUT2D eigenvalue weighted by Gasteiger charge is 2.15. The number of methoxy groups -OCH3 is 1. The van der Waals surface area contributed by atoms with Gasteiger partial charge < -0.3 is 10.1 Å². The second-order valence-electron chi connectivity index (χ2n) is 5.27. The van der Waals surface area contributed by atoms with E-state index in [9.17, 15) is 4.79 Å². The summed E-state index contributed by atoms with van der Waals surface area (Å²) in [6.45, 7) is 3.90. The zero-order valence-corrected chi connectivity index (χ0v) is 15.8. The lowest BCUT2D eigenvalue weighted by Crippen LogP contribution is -2.23. The van der Waals surface area contributed by atoms with Crippen LogP contribution in [0.2, 0.25) is 0 Å². The number of hydrogen-bond donors (Lipinski definition) is 1. The number of amides is 1. The van der Waals surface area contributed by atoms with Crippen molar-refractivity contribution in [3.05, 3.63) is 58.1 Å². The van der Waals surface area contributed by atoms with E-state index < -0.39 is 0 Å². The number of anilines is 1. The molecule has 0 saturated carbocycles. The molecule has 122 valence electrons. The minimum atomic E-state index is -0.149. The maximum Gasteiger partial charge on any atom is 0.237 e. The van der Waals surface area contributed by atoms with Gasteiger partial charge in [-0.05, 0) is 49.2 Å². The molecule has 0 aromatic heterocycles. The number of nitrogens with one attached hydrogen (secondary N) is 1. The standard InChI is InChI=1S/C18H20BrNO2S/c1-12-4-9-17(22-3)16(10-12)20-18(21)13(2)23-11-14-5-7-15(19)8-6-14/h4-10,13H,11H2,1-3H3,(H,20,21). The molecule has 0 aliphatic heterocycles. The molecule has 1 atom stereocenters. The summed E-state index contributed by atoms with van der Waals surface area (Å²) >= 11 is 5.03. The monoisotopic (exact) mass is 393 g/mol. The highest BCUT2D eigenvalue weighted by molar-refractivity contribution is 9.10. The molecule has 2 rings (SSSR count). The third-order valence-corrected chi connectivity index (χ3v) is 5.14. The smallest absolute Gasteiger partial charge is 0.237 e. The van der Waals surface area contributed by atoms with Gasteiger partial charge in [-0.15, -0.1) is 11.8 Å². The van der Waals surface area contributed by atoms with Crippen LogP contribution < -0.4 is 10.1 Å². The van der Waals surface area contributed by atoms with Gasteiger partial charge in [0, 0.05) is 10.2 Å². The van der Waals surface area contributed by atoms with Crippen molar-refractivity contribution in [3.63, 3.8) is 0 Å².